The van der Waals surface area contributed by atoms with Gasteiger partial charge in [0.1, 0.15) is 11.5 Å². The third-order valence-electron chi connectivity index (χ3n) is 4.26. The van der Waals surface area contributed by atoms with Gasteiger partial charge in [-0.3, -0.25) is 0 Å². The van der Waals surface area contributed by atoms with E-state index in [1.54, 1.807) is 11.3 Å². The highest BCUT2D eigenvalue weighted by Gasteiger charge is 2.08. The van der Waals surface area contributed by atoms with E-state index in [9.17, 15) is 0 Å². The second-order valence-corrected chi connectivity index (χ2v) is 7.28. The Balaban J connectivity index is 1.47. The minimum absolute atomic E-state index is 0.807. The molecule has 0 spiro atoms. The van der Waals surface area contributed by atoms with Crippen LogP contribution in [-0.4, -0.2) is 4.98 Å². The number of thiazole rings is 1. The minimum Gasteiger partial charge on any atom is -0.457 e. The van der Waals surface area contributed by atoms with Crippen LogP contribution in [0.5, 0.6) is 11.5 Å². The minimum atomic E-state index is 0.807. The Bertz CT molecular complexity index is 1040. The number of nitrogens with zero attached hydrogens (tertiary/aromatic N) is 1. The molecule has 27 heavy (non-hydrogen) atoms. The molecule has 0 radical (unpaired) electrons. The number of para-hydroxylation sites is 1. The van der Waals surface area contributed by atoms with Gasteiger partial charge in [-0.2, -0.15) is 0 Å². The zero-order chi connectivity index (χ0) is 18.6. The number of rotatable bonds is 5. The first-order chi connectivity index (χ1) is 13.2. The maximum Gasteiger partial charge on any atom is 0.187 e. The number of benzene rings is 3. The quantitative estimate of drug-likeness (QED) is 0.411. The molecule has 0 aliphatic heterocycles. The molecule has 4 rings (SSSR count). The van der Waals surface area contributed by atoms with Crippen LogP contribution >= 0.6 is 11.3 Å². The maximum absolute atomic E-state index is 5.83. The second kappa shape index (κ2) is 7.64. The van der Waals surface area contributed by atoms with Crippen LogP contribution in [-0.2, 0) is 0 Å². The predicted octanol–water partition coefficient (Wildman–Crippen LogP) is 6.96. The fourth-order valence-electron chi connectivity index (χ4n) is 2.82. The van der Waals surface area contributed by atoms with Crippen molar-refractivity contribution in [2.75, 3.05) is 5.32 Å². The fraction of sp³-hybridized carbons (Fsp3) is 0.0870. The Morgan fingerprint density at radius 2 is 1.59 bits per heavy atom. The number of aryl methyl sites for hydroxylation is 2. The first kappa shape index (κ1) is 17.3. The lowest BCUT2D eigenvalue weighted by molar-refractivity contribution is 0.483. The van der Waals surface area contributed by atoms with Crippen molar-refractivity contribution in [3.05, 3.63) is 89.3 Å². The van der Waals surface area contributed by atoms with Crippen LogP contribution in [0, 0.1) is 13.8 Å². The number of aromatic nitrogens is 1. The van der Waals surface area contributed by atoms with Crippen molar-refractivity contribution in [1.82, 2.24) is 4.98 Å². The molecule has 0 saturated heterocycles. The molecule has 0 saturated carbocycles. The van der Waals surface area contributed by atoms with E-state index < -0.39 is 0 Å². The van der Waals surface area contributed by atoms with Crippen LogP contribution in [0.2, 0.25) is 0 Å². The largest absolute Gasteiger partial charge is 0.457 e. The predicted molar refractivity (Wildman–Crippen MR) is 113 cm³/mol. The summed E-state index contributed by atoms with van der Waals surface area (Å²) in [5.41, 5.74) is 5.66. The Kier molecular flexibility index (Phi) is 4.90. The highest BCUT2D eigenvalue weighted by Crippen LogP contribution is 2.30. The molecule has 0 aliphatic carbocycles. The van der Waals surface area contributed by atoms with Gasteiger partial charge in [-0.05, 0) is 61.9 Å². The number of hydrogen-bond acceptors (Lipinski definition) is 4. The third kappa shape index (κ3) is 4.18. The van der Waals surface area contributed by atoms with Gasteiger partial charge < -0.3 is 10.1 Å². The Morgan fingerprint density at radius 3 is 2.37 bits per heavy atom. The highest BCUT2D eigenvalue weighted by molar-refractivity contribution is 7.14. The maximum atomic E-state index is 5.83. The van der Waals surface area contributed by atoms with E-state index >= 15 is 0 Å². The Hall–Kier alpha value is -3.11. The van der Waals surface area contributed by atoms with Crippen molar-refractivity contribution in [2.45, 2.75) is 13.8 Å². The van der Waals surface area contributed by atoms with Crippen LogP contribution in [0.1, 0.15) is 11.1 Å². The van der Waals surface area contributed by atoms with Crippen LogP contribution in [0.25, 0.3) is 11.3 Å². The first-order valence-electron chi connectivity index (χ1n) is 8.80. The van der Waals surface area contributed by atoms with E-state index in [0.717, 1.165) is 28.0 Å². The summed E-state index contributed by atoms with van der Waals surface area (Å²) in [6.07, 6.45) is 0. The molecule has 3 nitrogen and oxygen atoms in total. The molecule has 0 unspecified atom stereocenters. The second-order valence-electron chi connectivity index (χ2n) is 6.42. The number of hydrogen-bond donors (Lipinski definition) is 1. The summed E-state index contributed by atoms with van der Waals surface area (Å²) in [6, 6.07) is 24.1. The van der Waals surface area contributed by atoms with Crippen molar-refractivity contribution >= 4 is 22.2 Å². The van der Waals surface area contributed by atoms with E-state index in [-0.39, 0.29) is 0 Å². The summed E-state index contributed by atoms with van der Waals surface area (Å²) in [7, 11) is 0. The van der Waals surface area contributed by atoms with Crippen LogP contribution in [0.3, 0.4) is 0 Å². The van der Waals surface area contributed by atoms with Gasteiger partial charge in [0.2, 0.25) is 0 Å². The molecular weight excluding hydrogens is 352 g/mol. The molecule has 4 aromatic rings. The lowest BCUT2D eigenvalue weighted by atomic mass is 10.0. The van der Waals surface area contributed by atoms with Gasteiger partial charge in [0, 0.05) is 16.6 Å². The van der Waals surface area contributed by atoms with Gasteiger partial charge in [0.05, 0.1) is 5.69 Å². The molecular formula is C23H20N2OS. The molecule has 0 fully saturated rings. The van der Waals surface area contributed by atoms with Gasteiger partial charge in [-0.1, -0.05) is 35.9 Å². The molecule has 3 aromatic carbocycles. The van der Waals surface area contributed by atoms with Gasteiger partial charge in [0.15, 0.2) is 5.13 Å². The molecule has 4 heteroatoms. The average molecular weight is 372 g/mol. The molecule has 1 aromatic heterocycles. The highest BCUT2D eigenvalue weighted by atomic mass is 32.1. The summed E-state index contributed by atoms with van der Waals surface area (Å²) >= 11 is 1.61. The number of ether oxygens (including phenoxy) is 1. The topological polar surface area (TPSA) is 34.1 Å². The van der Waals surface area contributed by atoms with Crippen molar-refractivity contribution in [3.63, 3.8) is 0 Å². The van der Waals surface area contributed by atoms with Crippen molar-refractivity contribution in [3.8, 4) is 22.8 Å². The van der Waals surface area contributed by atoms with Gasteiger partial charge in [-0.15, -0.1) is 11.3 Å². The smallest absolute Gasteiger partial charge is 0.187 e. The summed E-state index contributed by atoms with van der Waals surface area (Å²) in [5, 5.41) is 6.34. The van der Waals surface area contributed by atoms with Crippen molar-refractivity contribution < 1.29 is 4.74 Å². The van der Waals surface area contributed by atoms with Crippen LogP contribution < -0.4 is 10.1 Å². The summed E-state index contributed by atoms with van der Waals surface area (Å²) in [4.78, 5) is 4.74. The van der Waals surface area contributed by atoms with Crippen molar-refractivity contribution in [2.24, 2.45) is 0 Å². The lowest BCUT2D eigenvalue weighted by Crippen LogP contribution is -1.91. The van der Waals surface area contributed by atoms with E-state index in [1.165, 1.54) is 16.7 Å². The van der Waals surface area contributed by atoms with E-state index in [4.69, 9.17) is 9.72 Å². The summed E-state index contributed by atoms with van der Waals surface area (Å²) in [6.45, 7) is 4.22. The fourth-order valence-corrected chi connectivity index (χ4v) is 3.55. The van der Waals surface area contributed by atoms with Gasteiger partial charge in [-0.25, -0.2) is 4.98 Å². The molecule has 0 bridgehead atoms. The molecule has 1 heterocycles. The Morgan fingerprint density at radius 1 is 0.852 bits per heavy atom. The van der Waals surface area contributed by atoms with Crippen LogP contribution in [0.4, 0.5) is 10.8 Å². The third-order valence-corrected chi connectivity index (χ3v) is 5.02. The van der Waals surface area contributed by atoms with Crippen LogP contribution in [0.15, 0.2) is 78.2 Å². The molecule has 1 N–H and O–H groups in total. The normalized spacial score (nSPS) is 10.6. The first-order valence-corrected chi connectivity index (χ1v) is 9.68. The summed E-state index contributed by atoms with van der Waals surface area (Å²) < 4.78 is 5.83. The molecule has 134 valence electrons. The zero-order valence-corrected chi connectivity index (χ0v) is 16.1. The lowest BCUT2D eigenvalue weighted by Gasteiger charge is -2.07. The van der Waals surface area contributed by atoms with Gasteiger partial charge in [0.25, 0.3) is 0 Å². The Labute approximate surface area is 163 Å². The number of anilines is 2. The average Bonchev–Trinajstić information content (AvgIpc) is 3.14. The molecule has 0 amide bonds. The van der Waals surface area contributed by atoms with Gasteiger partial charge >= 0.3 is 0 Å². The standard InChI is InChI=1S/C23H20N2OS/c1-16-8-9-17(2)21(14-16)22-15-27-23(25-22)24-18-10-12-20(13-11-18)26-19-6-4-3-5-7-19/h3-15H,1-2H3,(H,24,25). The summed E-state index contributed by atoms with van der Waals surface area (Å²) in [5.74, 6) is 1.64. The molecule has 0 aliphatic rings. The van der Waals surface area contributed by atoms with E-state index in [1.807, 2.05) is 54.6 Å². The SMILES string of the molecule is Cc1ccc(C)c(-c2csc(Nc3ccc(Oc4ccccc4)cc3)n2)c1. The molecule has 0 atom stereocenters. The zero-order valence-electron chi connectivity index (χ0n) is 15.3. The van der Waals surface area contributed by atoms with E-state index in [2.05, 4.69) is 42.7 Å². The number of nitrogens with one attached hydrogen (secondary N) is 1. The van der Waals surface area contributed by atoms with Crippen molar-refractivity contribution in [1.29, 1.82) is 0 Å². The monoisotopic (exact) mass is 372 g/mol. The van der Waals surface area contributed by atoms with E-state index in [0.29, 0.717) is 0 Å².